The van der Waals surface area contributed by atoms with E-state index < -0.39 is 6.09 Å². The third kappa shape index (κ3) is 3.61. The number of hydrogen-bond donors (Lipinski definition) is 1. The molecule has 1 N–H and O–H groups in total. The highest BCUT2D eigenvalue weighted by Gasteiger charge is 2.16. The number of benzene rings is 1. The fourth-order valence-electron chi connectivity index (χ4n) is 1.55. The van der Waals surface area contributed by atoms with E-state index in [1.165, 1.54) is 33.3 Å². The summed E-state index contributed by atoms with van der Waals surface area (Å²) in [6.07, 6.45) is -0.628. The van der Waals surface area contributed by atoms with Crippen LogP contribution in [0.25, 0.3) is 0 Å². The number of hydrogen-bond acceptors (Lipinski definition) is 5. The highest BCUT2D eigenvalue weighted by atomic mass is 16.5. The zero-order chi connectivity index (χ0) is 14.4. The Morgan fingerprint density at radius 1 is 1.16 bits per heavy atom. The van der Waals surface area contributed by atoms with Gasteiger partial charge in [-0.25, -0.2) is 4.79 Å². The Kier molecular flexibility index (Phi) is 5.17. The van der Waals surface area contributed by atoms with E-state index in [0.29, 0.717) is 22.7 Å². The van der Waals surface area contributed by atoms with Gasteiger partial charge in [0.15, 0.2) is 17.3 Å². The molecule has 104 valence electrons. The lowest BCUT2D eigenvalue weighted by Crippen LogP contribution is -2.15. The maximum absolute atomic E-state index is 11.6. The molecule has 0 saturated heterocycles. The van der Waals surface area contributed by atoms with Gasteiger partial charge in [0.25, 0.3) is 0 Å². The van der Waals surface area contributed by atoms with Crippen LogP contribution in [-0.2, 0) is 4.74 Å². The Labute approximate surface area is 111 Å². The monoisotopic (exact) mass is 267 g/mol. The molecule has 0 aromatic heterocycles. The van der Waals surface area contributed by atoms with E-state index in [1.54, 1.807) is 6.92 Å². The van der Waals surface area contributed by atoms with Gasteiger partial charge in [-0.05, 0) is 19.9 Å². The molecular weight excluding hydrogens is 250 g/mol. The lowest BCUT2D eigenvalue weighted by atomic mass is 10.1. The summed E-state index contributed by atoms with van der Waals surface area (Å²) in [5.41, 5.74) is 0.648. The molecule has 0 bridgehead atoms. The predicted octanol–water partition coefficient (Wildman–Crippen LogP) is 2.47. The molecule has 0 atom stereocenters. The van der Waals surface area contributed by atoms with Crippen LogP contribution in [0.1, 0.15) is 24.2 Å². The molecule has 6 heteroatoms. The van der Waals surface area contributed by atoms with Gasteiger partial charge in [0.1, 0.15) is 0 Å². The van der Waals surface area contributed by atoms with Crippen LogP contribution < -0.4 is 14.8 Å². The minimum absolute atomic E-state index is 0.201. The van der Waals surface area contributed by atoms with Crippen molar-refractivity contribution in [1.82, 2.24) is 0 Å². The van der Waals surface area contributed by atoms with Crippen LogP contribution >= 0.6 is 0 Å². The van der Waals surface area contributed by atoms with Gasteiger partial charge in [-0.15, -0.1) is 0 Å². The van der Waals surface area contributed by atoms with Crippen molar-refractivity contribution >= 4 is 17.6 Å². The van der Waals surface area contributed by atoms with Gasteiger partial charge >= 0.3 is 6.09 Å². The Bertz CT molecular complexity index is 484. The third-order valence-corrected chi connectivity index (χ3v) is 2.42. The lowest BCUT2D eigenvalue weighted by molar-refractivity contribution is 0.101. The number of amides is 1. The van der Waals surface area contributed by atoms with Gasteiger partial charge in [-0.3, -0.25) is 10.1 Å². The molecule has 0 fully saturated rings. The molecule has 0 heterocycles. The van der Waals surface area contributed by atoms with Crippen LogP contribution in [-0.4, -0.2) is 32.7 Å². The number of carbonyl (C=O) groups excluding carboxylic acids is 2. The molecule has 0 aliphatic carbocycles. The van der Waals surface area contributed by atoms with Crippen molar-refractivity contribution in [1.29, 1.82) is 0 Å². The summed E-state index contributed by atoms with van der Waals surface area (Å²) >= 11 is 0. The van der Waals surface area contributed by atoms with E-state index in [1.807, 2.05) is 0 Å². The van der Waals surface area contributed by atoms with Crippen LogP contribution in [0.4, 0.5) is 10.5 Å². The van der Waals surface area contributed by atoms with Gasteiger partial charge in [-0.2, -0.15) is 0 Å². The second kappa shape index (κ2) is 6.63. The predicted molar refractivity (Wildman–Crippen MR) is 70.2 cm³/mol. The Hall–Kier alpha value is -2.24. The second-order valence-corrected chi connectivity index (χ2v) is 3.65. The summed E-state index contributed by atoms with van der Waals surface area (Å²) in [6.45, 7) is 3.34. The molecule has 1 rings (SSSR count). The van der Waals surface area contributed by atoms with Crippen LogP contribution in [0.15, 0.2) is 12.1 Å². The second-order valence-electron chi connectivity index (χ2n) is 3.65. The summed E-state index contributed by atoms with van der Waals surface area (Å²) in [7, 11) is 2.94. The van der Waals surface area contributed by atoms with Gasteiger partial charge in [0.05, 0.1) is 26.5 Å². The van der Waals surface area contributed by atoms with E-state index in [4.69, 9.17) is 14.2 Å². The topological polar surface area (TPSA) is 73.9 Å². The maximum atomic E-state index is 11.6. The Morgan fingerprint density at radius 3 is 2.21 bits per heavy atom. The molecule has 0 aliphatic heterocycles. The van der Waals surface area contributed by atoms with Gasteiger partial charge in [0, 0.05) is 11.6 Å². The summed E-state index contributed by atoms with van der Waals surface area (Å²) in [6, 6.07) is 3.04. The van der Waals surface area contributed by atoms with Gasteiger partial charge in [0.2, 0.25) is 0 Å². The number of nitrogens with one attached hydrogen (secondary N) is 1. The van der Waals surface area contributed by atoms with Gasteiger partial charge < -0.3 is 14.2 Å². The largest absolute Gasteiger partial charge is 0.493 e. The first-order valence-corrected chi connectivity index (χ1v) is 5.74. The number of carbonyl (C=O) groups is 2. The minimum atomic E-state index is -0.628. The number of methoxy groups -OCH3 is 2. The fourth-order valence-corrected chi connectivity index (χ4v) is 1.55. The standard InChI is InChI=1S/C13H17NO5/c1-5-19-13(16)14-10-7-12(18-4)11(17-3)6-9(10)8(2)15/h6-7H,5H2,1-4H3,(H,14,16). The minimum Gasteiger partial charge on any atom is -0.493 e. The molecule has 0 aliphatic rings. The van der Waals surface area contributed by atoms with Crippen LogP contribution in [0.2, 0.25) is 0 Å². The van der Waals surface area contributed by atoms with Crippen molar-refractivity contribution in [2.24, 2.45) is 0 Å². The van der Waals surface area contributed by atoms with Crippen molar-refractivity contribution in [3.63, 3.8) is 0 Å². The highest BCUT2D eigenvalue weighted by molar-refractivity contribution is 6.03. The summed E-state index contributed by atoms with van der Waals surface area (Å²) in [5.74, 6) is 0.633. The Morgan fingerprint density at radius 2 is 1.74 bits per heavy atom. The Balaban J connectivity index is 3.19. The summed E-state index contributed by atoms with van der Waals surface area (Å²) < 4.78 is 15.0. The van der Waals surface area contributed by atoms with Crippen LogP contribution in [0.3, 0.4) is 0 Å². The molecule has 1 aromatic carbocycles. The average Bonchev–Trinajstić information content (AvgIpc) is 2.38. The molecule has 0 radical (unpaired) electrons. The first-order valence-electron chi connectivity index (χ1n) is 5.74. The summed E-state index contributed by atoms with van der Waals surface area (Å²) in [4.78, 5) is 23.0. The SMILES string of the molecule is CCOC(=O)Nc1cc(OC)c(OC)cc1C(C)=O. The molecule has 6 nitrogen and oxygen atoms in total. The fraction of sp³-hybridized carbons (Fsp3) is 0.385. The van der Waals surface area contributed by atoms with Gasteiger partial charge in [-0.1, -0.05) is 0 Å². The van der Waals surface area contributed by atoms with Crippen molar-refractivity contribution in [2.45, 2.75) is 13.8 Å². The lowest BCUT2D eigenvalue weighted by Gasteiger charge is -2.14. The van der Waals surface area contributed by atoms with Crippen molar-refractivity contribution in [2.75, 3.05) is 26.1 Å². The average molecular weight is 267 g/mol. The number of Topliss-reactive ketones (excluding diaryl/α,β-unsaturated/α-hetero) is 1. The van der Waals surface area contributed by atoms with Crippen LogP contribution in [0.5, 0.6) is 11.5 Å². The van der Waals surface area contributed by atoms with E-state index in [0.717, 1.165) is 0 Å². The van der Waals surface area contributed by atoms with E-state index in [2.05, 4.69) is 5.32 Å². The molecule has 1 aromatic rings. The zero-order valence-corrected chi connectivity index (χ0v) is 11.4. The molecule has 0 saturated carbocycles. The summed E-state index contributed by atoms with van der Waals surface area (Å²) in [5, 5.41) is 2.50. The number of anilines is 1. The van der Waals surface area contributed by atoms with Crippen LogP contribution in [0, 0.1) is 0 Å². The first-order chi connectivity index (χ1) is 9.03. The maximum Gasteiger partial charge on any atom is 0.411 e. The number of ether oxygens (including phenoxy) is 3. The van der Waals surface area contributed by atoms with Crippen molar-refractivity contribution < 1.29 is 23.8 Å². The first kappa shape index (κ1) is 14.8. The van der Waals surface area contributed by atoms with E-state index in [-0.39, 0.29) is 12.4 Å². The molecule has 0 spiro atoms. The molecule has 1 amide bonds. The van der Waals surface area contributed by atoms with Crippen molar-refractivity contribution in [3.8, 4) is 11.5 Å². The zero-order valence-electron chi connectivity index (χ0n) is 11.4. The number of rotatable bonds is 5. The smallest absolute Gasteiger partial charge is 0.411 e. The quantitative estimate of drug-likeness (QED) is 0.829. The van der Waals surface area contributed by atoms with Crippen molar-refractivity contribution in [3.05, 3.63) is 17.7 Å². The normalized spacial score (nSPS) is 9.68. The molecular formula is C13H17NO5. The van der Waals surface area contributed by atoms with E-state index in [9.17, 15) is 9.59 Å². The van der Waals surface area contributed by atoms with E-state index >= 15 is 0 Å². The molecule has 0 unspecified atom stereocenters. The number of ketones is 1. The third-order valence-electron chi connectivity index (χ3n) is 2.42. The highest BCUT2D eigenvalue weighted by Crippen LogP contribution is 2.33. The molecule has 19 heavy (non-hydrogen) atoms.